The van der Waals surface area contributed by atoms with E-state index < -0.39 is 6.10 Å². The first-order valence-corrected chi connectivity index (χ1v) is 6.66. The summed E-state index contributed by atoms with van der Waals surface area (Å²) < 4.78 is 5.04. The van der Waals surface area contributed by atoms with Gasteiger partial charge in [-0.05, 0) is 23.6 Å². The Morgan fingerprint density at radius 2 is 1.80 bits per heavy atom. The van der Waals surface area contributed by atoms with Gasteiger partial charge in [0.15, 0.2) is 0 Å². The highest BCUT2D eigenvalue weighted by Crippen LogP contribution is 2.23. The number of imide groups is 1. The lowest BCUT2D eigenvalue weighted by Gasteiger charge is -2.30. The third-order valence-electron chi connectivity index (χ3n) is 3.50. The molecule has 5 nitrogen and oxygen atoms in total. The molecule has 0 aliphatic carbocycles. The monoisotopic (exact) mass is 277 g/mol. The number of rotatable bonds is 4. The molecule has 108 valence electrons. The van der Waals surface area contributed by atoms with Gasteiger partial charge in [0.2, 0.25) is 11.8 Å². The third-order valence-corrected chi connectivity index (χ3v) is 3.50. The van der Waals surface area contributed by atoms with Crippen molar-refractivity contribution < 1.29 is 19.4 Å². The first-order valence-electron chi connectivity index (χ1n) is 6.66. The summed E-state index contributed by atoms with van der Waals surface area (Å²) in [4.78, 5) is 24.9. The highest BCUT2D eigenvalue weighted by molar-refractivity contribution is 5.97. The zero-order chi connectivity index (χ0) is 14.7. The average molecular weight is 277 g/mol. The van der Waals surface area contributed by atoms with Crippen LogP contribution < -0.4 is 4.74 Å². The maximum atomic E-state index is 11.9. The maximum absolute atomic E-state index is 11.9. The Hall–Kier alpha value is -1.88. The molecule has 1 unspecified atom stereocenters. The van der Waals surface area contributed by atoms with Crippen LogP contribution in [0.1, 0.15) is 31.4 Å². The molecule has 1 aromatic rings. The predicted molar refractivity (Wildman–Crippen MR) is 73.1 cm³/mol. The largest absolute Gasteiger partial charge is 0.497 e. The Morgan fingerprint density at radius 1 is 1.25 bits per heavy atom. The van der Waals surface area contributed by atoms with Crippen molar-refractivity contribution in [3.05, 3.63) is 29.8 Å². The molecule has 1 aromatic carbocycles. The van der Waals surface area contributed by atoms with Crippen molar-refractivity contribution >= 4 is 11.8 Å². The fourth-order valence-electron chi connectivity index (χ4n) is 2.34. The van der Waals surface area contributed by atoms with E-state index in [-0.39, 0.29) is 24.3 Å². The second kappa shape index (κ2) is 6.05. The zero-order valence-electron chi connectivity index (χ0n) is 11.7. The molecule has 2 amide bonds. The summed E-state index contributed by atoms with van der Waals surface area (Å²) in [5.41, 5.74) is 0.657. The molecule has 1 fully saturated rings. The van der Waals surface area contributed by atoms with Crippen LogP contribution in [0.25, 0.3) is 0 Å². The van der Waals surface area contributed by atoms with Crippen LogP contribution in [0, 0.1) is 5.92 Å². The number of carbonyl (C=O) groups is 2. The van der Waals surface area contributed by atoms with Crippen LogP contribution in [0.4, 0.5) is 0 Å². The van der Waals surface area contributed by atoms with Crippen LogP contribution in [0.3, 0.4) is 0 Å². The minimum atomic E-state index is -0.873. The molecule has 1 heterocycles. The van der Waals surface area contributed by atoms with E-state index in [0.717, 1.165) is 4.90 Å². The molecule has 0 spiro atoms. The molecule has 5 heteroatoms. The Balaban J connectivity index is 2.04. The molecule has 20 heavy (non-hydrogen) atoms. The number of hydrogen-bond donors (Lipinski definition) is 1. The number of hydrogen-bond acceptors (Lipinski definition) is 4. The summed E-state index contributed by atoms with van der Waals surface area (Å²) >= 11 is 0. The van der Waals surface area contributed by atoms with Crippen LogP contribution >= 0.6 is 0 Å². The number of methoxy groups -OCH3 is 1. The highest BCUT2D eigenvalue weighted by Gasteiger charge is 2.31. The van der Waals surface area contributed by atoms with Crippen molar-refractivity contribution in [2.75, 3.05) is 13.7 Å². The standard InChI is InChI=1S/C15H19NO4/c1-10-7-14(18)16(15(19)8-10)9-13(17)11-3-5-12(20-2)6-4-11/h3-6,10,13,17H,7-9H2,1-2H3. The SMILES string of the molecule is COc1ccc(C(O)CN2C(=O)CC(C)CC2=O)cc1. The summed E-state index contributed by atoms with van der Waals surface area (Å²) in [5.74, 6) is 0.368. The number of amides is 2. The molecule has 1 aliphatic heterocycles. The summed E-state index contributed by atoms with van der Waals surface area (Å²) in [7, 11) is 1.57. The number of β-amino-alcohol motifs (C(OH)–C–C–N with tert-alkyl or cyclic N) is 1. The molecule has 0 bridgehead atoms. The van der Waals surface area contributed by atoms with Crippen LogP contribution in [0.2, 0.25) is 0 Å². The second-order valence-electron chi connectivity index (χ2n) is 5.20. The lowest BCUT2D eigenvalue weighted by molar-refractivity contribution is -0.151. The minimum absolute atomic E-state index is 0.0106. The Bertz CT molecular complexity index is 479. The van der Waals surface area contributed by atoms with E-state index in [1.807, 2.05) is 6.92 Å². The molecule has 0 saturated carbocycles. The normalized spacial score (nSPS) is 18.2. The summed E-state index contributed by atoms with van der Waals surface area (Å²) in [6.45, 7) is 1.89. The van der Waals surface area contributed by atoms with Gasteiger partial charge in [0.1, 0.15) is 5.75 Å². The van der Waals surface area contributed by atoms with Crippen LogP contribution in [0.5, 0.6) is 5.75 Å². The van der Waals surface area contributed by atoms with E-state index in [1.165, 1.54) is 0 Å². The van der Waals surface area contributed by atoms with Gasteiger partial charge in [-0.2, -0.15) is 0 Å². The summed E-state index contributed by atoms with van der Waals surface area (Å²) in [5, 5.41) is 10.2. The lowest BCUT2D eigenvalue weighted by atomic mass is 9.97. The van der Waals surface area contributed by atoms with E-state index in [9.17, 15) is 14.7 Å². The van der Waals surface area contributed by atoms with Crippen molar-refractivity contribution in [1.82, 2.24) is 4.90 Å². The van der Waals surface area contributed by atoms with E-state index >= 15 is 0 Å². The Kier molecular flexibility index (Phi) is 4.39. The van der Waals surface area contributed by atoms with E-state index in [4.69, 9.17) is 4.74 Å². The number of aliphatic hydroxyl groups is 1. The molecule has 1 saturated heterocycles. The van der Waals surface area contributed by atoms with Gasteiger partial charge in [-0.25, -0.2) is 0 Å². The van der Waals surface area contributed by atoms with Gasteiger partial charge in [-0.15, -0.1) is 0 Å². The second-order valence-corrected chi connectivity index (χ2v) is 5.20. The van der Waals surface area contributed by atoms with Gasteiger partial charge >= 0.3 is 0 Å². The maximum Gasteiger partial charge on any atom is 0.229 e. The third kappa shape index (κ3) is 3.17. The number of nitrogens with zero attached hydrogens (tertiary/aromatic N) is 1. The van der Waals surface area contributed by atoms with Gasteiger partial charge in [0, 0.05) is 12.8 Å². The van der Waals surface area contributed by atoms with E-state index in [1.54, 1.807) is 31.4 Å². The van der Waals surface area contributed by atoms with Gasteiger partial charge in [-0.3, -0.25) is 14.5 Å². The van der Waals surface area contributed by atoms with Crippen molar-refractivity contribution in [1.29, 1.82) is 0 Å². The first-order chi connectivity index (χ1) is 9.51. The first kappa shape index (κ1) is 14.5. The van der Waals surface area contributed by atoms with Gasteiger partial charge in [0.25, 0.3) is 0 Å². The van der Waals surface area contributed by atoms with Crippen molar-refractivity contribution in [2.45, 2.75) is 25.9 Å². The molecule has 0 radical (unpaired) electrons. The molecular formula is C15H19NO4. The minimum Gasteiger partial charge on any atom is -0.497 e. The lowest BCUT2D eigenvalue weighted by Crippen LogP contribution is -2.44. The molecule has 1 N–H and O–H groups in total. The van der Waals surface area contributed by atoms with Crippen LogP contribution in [-0.4, -0.2) is 35.5 Å². The van der Waals surface area contributed by atoms with Crippen LogP contribution in [0.15, 0.2) is 24.3 Å². The topological polar surface area (TPSA) is 66.8 Å². The number of piperidine rings is 1. The van der Waals surface area contributed by atoms with Crippen molar-refractivity contribution in [3.8, 4) is 5.75 Å². The van der Waals surface area contributed by atoms with Gasteiger partial charge in [0.05, 0.1) is 19.8 Å². The van der Waals surface area contributed by atoms with Crippen molar-refractivity contribution in [3.63, 3.8) is 0 Å². The Labute approximate surface area is 118 Å². The van der Waals surface area contributed by atoms with E-state index in [2.05, 4.69) is 0 Å². The fraction of sp³-hybridized carbons (Fsp3) is 0.467. The van der Waals surface area contributed by atoms with Gasteiger partial charge in [-0.1, -0.05) is 19.1 Å². The molecule has 1 aliphatic rings. The highest BCUT2D eigenvalue weighted by atomic mass is 16.5. The summed E-state index contributed by atoms with van der Waals surface area (Å²) in [6, 6.07) is 6.93. The molecule has 1 atom stereocenters. The Morgan fingerprint density at radius 3 is 2.30 bits per heavy atom. The molecular weight excluding hydrogens is 258 g/mol. The average Bonchev–Trinajstić information content (AvgIpc) is 2.42. The van der Waals surface area contributed by atoms with Gasteiger partial charge < -0.3 is 9.84 Å². The fourth-order valence-corrected chi connectivity index (χ4v) is 2.34. The summed E-state index contributed by atoms with van der Waals surface area (Å²) in [6.07, 6.45) is -0.149. The number of aliphatic hydroxyl groups excluding tert-OH is 1. The number of ether oxygens (including phenoxy) is 1. The predicted octanol–water partition coefficient (Wildman–Crippen LogP) is 1.51. The van der Waals surface area contributed by atoms with Crippen LogP contribution in [-0.2, 0) is 9.59 Å². The number of benzene rings is 1. The quantitative estimate of drug-likeness (QED) is 0.847. The smallest absolute Gasteiger partial charge is 0.229 e. The van der Waals surface area contributed by atoms with Crippen molar-refractivity contribution in [2.24, 2.45) is 5.92 Å². The number of likely N-dealkylation sites (tertiary alicyclic amines) is 1. The van der Waals surface area contributed by atoms with E-state index in [0.29, 0.717) is 24.2 Å². The zero-order valence-corrected chi connectivity index (χ0v) is 11.7. The number of carbonyl (C=O) groups excluding carboxylic acids is 2. The molecule has 0 aromatic heterocycles. The molecule has 2 rings (SSSR count).